The van der Waals surface area contributed by atoms with E-state index < -0.39 is 0 Å². The zero-order valence-electron chi connectivity index (χ0n) is 17.6. The molecule has 1 aliphatic heterocycles. The maximum absolute atomic E-state index is 13.3. The molecule has 158 valence electrons. The monoisotopic (exact) mass is 414 g/mol. The summed E-state index contributed by atoms with van der Waals surface area (Å²) in [5.74, 6) is 0.981. The van der Waals surface area contributed by atoms with Gasteiger partial charge in [-0.1, -0.05) is 30.3 Å². The maximum Gasteiger partial charge on any atom is 0.225 e. The van der Waals surface area contributed by atoms with Crippen LogP contribution in [0.3, 0.4) is 0 Å². The molecule has 1 amide bonds. The molecule has 31 heavy (non-hydrogen) atoms. The first-order valence-corrected chi connectivity index (χ1v) is 10.8. The van der Waals surface area contributed by atoms with Gasteiger partial charge in [0.05, 0.1) is 12.6 Å². The number of hydrogen-bond acceptors (Lipinski definition) is 3. The van der Waals surface area contributed by atoms with Gasteiger partial charge in [0, 0.05) is 48.5 Å². The van der Waals surface area contributed by atoms with E-state index in [4.69, 9.17) is 4.74 Å². The number of nitrogens with zero attached hydrogens (tertiary/aromatic N) is 3. The smallest absolute Gasteiger partial charge is 0.225 e. The minimum Gasteiger partial charge on any atom is -0.494 e. The Morgan fingerprint density at radius 2 is 2.00 bits per heavy atom. The molecule has 1 N–H and O–H groups in total. The van der Waals surface area contributed by atoms with Gasteiger partial charge in [-0.2, -0.15) is 5.10 Å². The molecular weight excluding hydrogens is 388 g/mol. The highest BCUT2D eigenvalue weighted by Gasteiger charge is 2.34. The molecule has 0 aliphatic carbocycles. The predicted octanol–water partition coefficient (Wildman–Crippen LogP) is 4.33. The number of aryl methyl sites for hydroxylation is 1. The second kappa shape index (κ2) is 8.30. The Morgan fingerprint density at radius 3 is 2.77 bits per heavy atom. The Balaban J connectivity index is 1.51. The molecule has 1 unspecified atom stereocenters. The zero-order valence-corrected chi connectivity index (χ0v) is 17.6. The van der Waals surface area contributed by atoms with Gasteiger partial charge in [0.25, 0.3) is 0 Å². The third kappa shape index (κ3) is 3.69. The summed E-state index contributed by atoms with van der Waals surface area (Å²) in [6.07, 6.45) is 4.90. The maximum atomic E-state index is 13.3. The first-order valence-electron chi connectivity index (χ1n) is 10.8. The first-order chi connectivity index (χ1) is 15.2. The van der Waals surface area contributed by atoms with Crippen molar-refractivity contribution in [2.45, 2.75) is 32.4 Å². The number of aromatic nitrogens is 3. The molecule has 0 fully saturated rings. The lowest BCUT2D eigenvalue weighted by Gasteiger charge is -2.36. The van der Waals surface area contributed by atoms with E-state index in [1.165, 1.54) is 10.9 Å². The molecule has 0 spiro atoms. The van der Waals surface area contributed by atoms with Gasteiger partial charge < -0.3 is 14.6 Å². The van der Waals surface area contributed by atoms with Gasteiger partial charge in [0.2, 0.25) is 5.91 Å². The average molecular weight is 415 g/mol. The lowest BCUT2D eigenvalue weighted by Crippen LogP contribution is -2.41. The fourth-order valence-electron chi connectivity index (χ4n) is 4.56. The predicted molar refractivity (Wildman–Crippen MR) is 120 cm³/mol. The van der Waals surface area contributed by atoms with Crippen LogP contribution in [0.25, 0.3) is 10.9 Å². The lowest BCUT2D eigenvalue weighted by atomic mass is 9.92. The van der Waals surface area contributed by atoms with Gasteiger partial charge in [-0.15, -0.1) is 0 Å². The number of amides is 1. The van der Waals surface area contributed by atoms with E-state index in [0.717, 1.165) is 28.9 Å². The van der Waals surface area contributed by atoms with E-state index in [9.17, 15) is 4.79 Å². The third-order valence-electron chi connectivity index (χ3n) is 5.98. The van der Waals surface area contributed by atoms with Crippen LogP contribution in [-0.2, 0) is 17.8 Å². The molecule has 0 saturated heterocycles. The number of H-pyrrole nitrogens is 1. The fourth-order valence-corrected chi connectivity index (χ4v) is 4.56. The van der Waals surface area contributed by atoms with Crippen molar-refractivity contribution in [3.8, 4) is 5.75 Å². The zero-order chi connectivity index (χ0) is 21.2. The van der Waals surface area contributed by atoms with E-state index in [1.54, 1.807) is 6.20 Å². The number of benzene rings is 2. The SMILES string of the molecule is CCOc1ccc(C2c3[nH]c4ccccc4c3CCN2C(=O)CCn2cccn2)cc1. The van der Waals surface area contributed by atoms with Crippen LogP contribution in [-0.4, -0.2) is 38.7 Å². The van der Waals surface area contributed by atoms with Crippen molar-refractivity contribution in [1.29, 1.82) is 0 Å². The van der Waals surface area contributed by atoms with Gasteiger partial charge in [-0.05, 0) is 48.7 Å². The van der Waals surface area contributed by atoms with E-state index >= 15 is 0 Å². The van der Waals surface area contributed by atoms with Crippen molar-refractivity contribution in [3.63, 3.8) is 0 Å². The van der Waals surface area contributed by atoms with Crippen LogP contribution in [0.2, 0.25) is 0 Å². The molecule has 6 heteroatoms. The summed E-state index contributed by atoms with van der Waals surface area (Å²) in [5.41, 5.74) is 4.63. The summed E-state index contributed by atoms with van der Waals surface area (Å²) in [7, 11) is 0. The minimum absolute atomic E-state index is 0.138. The summed E-state index contributed by atoms with van der Waals surface area (Å²) < 4.78 is 7.43. The van der Waals surface area contributed by atoms with E-state index in [0.29, 0.717) is 26.1 Å². The number of carbonyl (C=O) groups is 1. The highest BCUT2D eigenvalue weighted by Crippen LogP contribution is 2.39. The van der Waals surface area contributed by atoms with Crippen molar-refractivity contribution in [2.75, 3.05) is 13.2 Å². The molecule has 0 radical (unpaired) electrons. The summed E-state index contributed by atoms with van der Waals surface area (Å²) in [6.45, 7) is 3.89. The van der Waals surface area contributed by atoms with Gasteiger partial charge >= 0.3 is 0 Å². The van der Waals surface area contributed by atoms with Crippen molar-refractivity contribution < 1.29 is 9.53 Å². The Hall–Kier alpha value is -3.54. The summed E-state index contributed by atoms with van der Waals surface area (Å²) in [4.78, 5) is 18.9. The normalized spacial score (nSPS) is 15.8. The van der Waals surface area contributed by atoms with Crippen LogP contribution in [0.4, 0.5) is 0 Å². The van der Waals surface area contributed by atoms with Gasteiger partial charge in [-0.25, -0.2) is 0 Å². The Kier molecular flexibility index (Phi) is 5.20. The van der Waals surface area contributed by atoms with Crippen LogP contribution in [0.5, 0.6) is 5.75 Å². The number of ether oxygens (including phenoxy) is 1. The molecule has 3 heterocycles. The van der Waals surface area contributed by atoms with Crippen molar-refractivity contribution in [3.05, 3.63) is 83.8 Å². The van der Waals surface area contributed by atoms with E-state index in [1.807, 2.05) is 47.0 Å². The Bertz CT molecular complexity index is 1180. The molecule has 2 aromatic carbocycles. The number of carbonyl (C=O) groups excluding carboxylic acids is 1. The number of rotatable bonds is 6. The highest BCUT2D eigenvalue weighted by molar-refractivity contribution is 5.86. The number of nitrogens with one attached hydrogen (secondary N) is 1. The van der Waals surface area contributed by atoms with E-state index in [2.05, 4.69) is 40.4 Å². The fraction of sp³-hybridized carbons (Fsp3) is 0.280. The van der Waals surface area contributed by atoms with Crippen LogP contribution in [0.1, 0.15) is 36.2 Å². The molecular formula is C25H26N4O2. The lowest BCUT2D eigenvalue weighted by molar-refractivity contribution is -0.133. The summed E-state index contributed by atoms with van der Waals surface area (Å²) >= 11 is 0. The quantitative estimate of drug-likeness (QED) is 0.511. The van der Waals surface area contributed by atoms with Gasteiger partial charge in [0.15, 0.2) is 0 Å². The molecule has 1 atom stereocenters. The number of aromatic amines is 1. The van der Waals surface area contributed by atoms with Crippen molar-refractivity contribution in [1.82, 2.24) is 19.7 Å². The standard InChI is InChI=1S/C25H26N4O2/c1-2-31-19-10-8-18(9-11-19)25-24-21(20-6-3-4-7-22(20)27-24)12-17-29(25)23(30)13-16-28-15-5-14-26-28/h3-11,14-15,25,27H,2,12-13,16-17H2,1H3. The molecule has 1 aliphatic rings. The average Bonchev–Trinajstić information content (AvgIpc) is 3.45. The number of fused-ring (bicyclic) bond motifs is 3. The first kappa shape index (κ1) is 19.4. The van der Waals surface area contributed by atoms with Crippen LogP contribution < -0.4 is 4.74 Å². The molecule has 6 nitrogen and oxygen atoms in total. The van der Waals surface area contributed by atoms with Crippen molar-refractivity contribution in [2.24, 2.45) is 0 Å². The molecule has 0 bridgehead atoms. The van der Waals surface area contributed by atoms with Gasteiger partial charge in [-0.3, -0.25) is 9.48 Å². The summed E-state index contributed by atoms with van der Waals surface area (Å²) in [6, 6.07) is 18.2. The minimum atomic E-state index is -0.142. The van der Waals surface area contributed by atoms with Gasteiger partial charge in [0.1, 0.15) is 5.75 Å². The third-order valence-corrected chi connectivity index (χ3v) is 5.98. The van der Waals surface area contributed by atoms with Crippen LogP contribution in [0.15, 0.2) is 67.0 Å². The molecule has 5 rings (SSSR count). The highest BCUT2D eigenvalue weighted by atomic mass is 16.5. The molecule has 0 saturated carbocycles. The Morgan fingerprint density at radius 1 is 1.16 bits per heavy atom. The van der Waals surface area contributed by atoms with Crippen molar-refractivity contribution >= 4 is 16.8 Å². The second-order valence-electron chi connectivity index (χ2n) is 7.82. The van der Waals surface area contributed by atoms with E-state index in [-0.39, 0.29) is 11.9 Å². The van der Waals surface area contributed by atoms with Crippen LogP contribution >= 0.6 is 0 Å². The molecule has 2 aromatic heterocycles. The summed E-state index contributed by atoms with van der Waals surface area (Å²) in [5, 5.41) is 5.48. The second-order valence-corrected chi connectivity index (χ2v) is 7.82. The number of hydrogen-bond donors (Lipinski definition) is 1. The molecule has 4 aromatic rings. The Labute approximate surface area is 181 Å². The number of para-hydroxylation sites is 1. The largest absolute Gasteiger partial charge is 0.494 e. The van der Waals surface area contributed by atoms with Crippen LogP contribution in [0, 0.1) is 0 Å². The topological polar surface area (TPSA) is 63.1 Å².